The van der Waals surface area contributed by atoms with E-state index in [4.69, 9.17) is 11.6 Å². The zero-order chi connectivity index (χ0) is 8.97. The quantitative estimate of drug-likeness (QED) is 0.642. The predicted octanol–water partition coefficient (Wildman–Crippen LogP) is 4.15. The second-order valence-corrected chi connectivity index (χ2v) is 3.11. The Bertz CT molecular complexity index is 270. The van der Waals surface area contributed by atoms with Crippen molar-refractivity contribution >= 4 is 17.2 Å². The average molecular weight is 181 g/mol. The summed E-state index contributed by atoms with van der Waals surface area (Å²) in [5.41, 5.74) is 2.64. The van der Waals surface area contributed by atoms with Gasteiger partial charge in [0.25, 0.3) is 0 Å². The summed E-state index contributed by atoms with van der Waals surface area (Å²) in [6.07, 6.45) is 3.21. The zero-order valence-electron chi connectivity index (χ0n) is 7.47. The smallest absolute Gasteiger partial charge is 0.0406 e. The topological polar surface area (TPSA) is 0 Å². The molecule has 0 bridgehead atoms. The van der Waals surface area contributed by atoms with Crippen LogP contribution in [-0.2, 0) is 0 Å². The van der Waals surface area contributed by atoms with E-state index in [2.05, 4.69) is 32.1 Å². The Labute approximate surface area is 78.9 Å². The van der Waals surface area contributed by atoms with E-state index in [1.165, 1.54) is 11.1 Å². The Morgan fingerprint density at radius 1 is 1.33 bits per heavy atom. The van der Waals surface area contributed by atoms with Crippen LogP contribution in [0.1, 0.15) is 25.8 Å². The minimum atomic E-state index is 0.797. The van der Waals surface area contributed by atoms with E-state index in [0.29, 0.717) is 0 Å². The molecular weight excluding hydrogens is 168 g/mol. The first kappa shape index (κ1) is 9.34. The molecule has 0 heterocycles. The van der Waals surface area contributed by atoms with Gasteiger partial charge in [0.05, 0.1) is 0 Å². The van der Waals surface area contributed by atoms with Gasteiger partial charge in [0.15, 0.2) is 0 Å². The van der Waals surface area contributed by atoms with Gasteiger partial charge in [-0.3, -0.25) is 0 Å². The van der Waals surface area contributed by atoms with Crippen molar-refractivity contribution in [2.75, 3.05) is 0 Å². The molecule has 0 aromatic heterocycles. The monoisotopic (exact) mass is 180 g/mol. The van der Waals surface area contributed by atoms with E-state index in [1.54, 1.807) is 0 Å². The van der Waals surface area contributed by atoms with Gasteiger partial charge in [-0.1, -0.05) is 36.7 Å². The molecular formula is C11H13Cl. The maximum atomic E-state index is 5.78. The molecule has 0 amide bonds. The fourth-order valence-electron chi connectivity index (χ4n) is 1.24. The predicted molar refractivity (Wildman–Crippen MR) is 55.4 cm³/mol. The molecule has 1 aromatic carbocycles. The summed E-state index contributed by atoms with van der Waals surface area (Å²) in [5, 5.41) is 0.797. The molecule has 64 valence electrons. The summed E-state index contributed by atoms with van der Waals surface area (Å²) >= 11 is 5.78. The summed E-state index contributed by atoms with van der Waals surface area (Å²) < 4.78 is 0. The van der Waals surface area contributed by atoms with E-state index in [1.807, 2.05) is 12.1 Å². The van der Waals surface area contributed by atoms with Crippen LogP contribution in [0.5, 0.6) is 0 Å². The summed E-state index contributed by atoms with van der Waals surface area (Å²) in [4.78, 5) is 0. The molecule has 1 aromatic rings. The van der Waals surface area contributed by atoms with Gasteiger partial charge in [-0.15, -0.1) is 0 Å². The molecule has 0 saturated carbocycles. The molecule has 0 aliphatic carbocycles. The highest BCUT2D eigenvalue weighted by Gasteiger charge is 1.96. The van der Waals surface area contributed by atoms with Gasteiger partial charge in [0.1, 0.15) is 0 Å². The van der Waals surface area contributed by atoms with E-state index in [0.717, 1.165) is 11.4 Å². The van der Waals surface area contributed by atoms with Gasteiger partial charge in [-0.25, -0.2) is 0 Å². The largest absolute Gasteiger partial charge is 0.0843 e. The molecule has 0 fully saturated rings. The van der Waals surface area contributed by atoms with Crippen molar-refractivity contribution in [2.24, 2.45) is 0 Å². The fourth-order valence-corrected chi connectivity index (χ4v) is 1.36. The molecule has 0 spiro atoms. The number of halogens is 1. The minimum absolute atomic E-state index is 0.797. The fraction of sp³-hybridized carbons (Fsp3) is 0.273. The lowest BCUT2D eigenvalue weighted by Crippen LogP contribution is -1.80. The summed E-state index contributed by atoms with van der Waals surface area (Å²) in [6.45, 7) is 4.22. The van der Waals surface area contributed by atoms with Crippen LogP contribution in [-0.4, -0.2) is 0 Å². The Kier molecular flexibility index (Phi) is 3.36. The van der Waals surface area contributed by atoms with Crippen LogP contribution in [0, 0.1) is 0 Å². The van der Waals surface area contributed by atoms with Gasteiger partial charge in [0, 0.05) is 5.02 Å². The number of benzene rings is 1. The first-order valence-corrected chi connectivity index (χ1v) is 4.56. The minimum Gasteiger partial charge on any atom is -0.0843 e. The molecule has 0 atom stereocenters. The van der Waals surface area contributed by atoms with Crippen molar-refractivity contribution in [3.05, 3.63) is 40.9 Å². The first-order valence-electron chi connectivity index (χ1n) is 4.19. The molecule has 0 nitrogen and oxygen atoms in total. The van der Waals surface area contributed by atoms with Crippen molar-refractivity contribution in [2.45, 2.75) is 20.3 Å². The summed E-state index contributed by atoms with van der Waals surface area (Å²) in [6, 6.07) is 7.97. The lowest BCUT2D eigenvalue weighted by Gasteiger charge is -2.03. The van der Waals surface area contributed by atoms with Crippen molar-refractivity contribution in [3.63, 3.8) is 0 Å². The second kappa shape index (κ2) is 4.32. The Hall–Kier alpha value is -0.750. The number of rotatable bonds is 2. The first-order chi connectivity index (χ1) is 5.77. The number of allylic oxidation sites excluding steroid dienone is 2. The van der Waals surface area contributed by atoms with Crippen LogP contribution in [0.4, 0.5) is 0 Å². The summed E-state index contributed by atoms with van der Waals surface area (Å²) in [7, 11) is 0. The molecule has 0 unspecified atom stereocenters. The molecule has 1 rings (SSSR count). The van der Waals surface area contributed by atoms with Gasteiger partial charge in [-0.05, 0) is 36.6 Å². The van der Waals surface area contributed by atoms with Gasteiger partial charge in [-0.2, -0.15) is 0 Å². The van der Waals surface area contributed by atoms with E-state index in [-0.39, 0.29) is 0 Å². The van der Waals surface area contributed by atoms with Crippen molar-refractivity contribution in [1.82, 2.24) is 0 Å². The van der Waals surface area contributed by atoms with E-state index < -0.39 is 0 Å². The second-order valence-electron chi connectivity index (χ2n) is 2.67. The van der Waals surface area contributed by atoms with Crippen molar-refractivity contribution < 1.29 is 0 Å². The maximum Gasteiger partial charge on any atom is 0.0406 e. The van der Waals surface area contributed by atoms with Crippen LogP contribution in [0.3, 0.4) is 0 Å². The lowest BCUT2D eigenvalue weighted by atomic mass is 10.0. The SMILES string of the molecule is C/C=C(\CC)c1ccc(Cl)cc1. The van der Waals surface area contributed by atoms with Gasteiger partial charge >= 0.3 is 0 Å². The summed E-state index contributed by atoms with van der Waals surface area (Å²) in [5.74, 6) is 0. The highest BCUT2D eigenvalue weighted by atomic mass is 35.5. The Morgan fingerprint density at radius 3 is 2.33 bits per heavy atom. The number of hydrogen-bond donors (Lipinski definition) is 0. The Morgan fingerprint density at radius 2 is 1.92 bits per heavy atom. The zero-order valence-corrected chi connectivity index (χ0v) is 8.23. The lowest BCUT2D eigenvalue weighted by molar-refractivity contribution is 1.23. The molecule has 0 N–H and O–H groups in total. The molecule has 12 heavy (non-hydrogen) atoms. The highest BCUT2D eigenvalue weighted by molar-refractivity contribution is 6.30. The van der Waals surface area contributed by atoms with Crippen LogP contribution in [0.25, 0.3) is 5.57 Å². The molecule has 0 saturated heterocycles. The normalized spacial score (nSPS) is 11.8. The third-order valence-electron chi connectivity index (χ3n) is 1.94. The molecule has 1 heteroatoms. The van der Waals surface area contributed by atoms with Gasteiger partial charge in [0.2, 0.25) is 0 Å². The molecule has 0 radical (unpaired) electrons. The standard InChI is InChI=1S/C11H13Cl/c1-3-9(4-2)10-5-7-11(12)8-6-10/h3,5-8H,4H2,1-2H3/b9-3+. The van der Waals surface area contributed by atoms with Crippen LogP contribution < -0.4 is 0 Å². The van der Waals surface area contributed by atoms with Crippen LogP contribution >= 0.6 is 11.6 Å². The third kappa shape index (κ3) is 2.12. The number of hydrogen-bond acceptors (Lipinski definition) is 0. The van der Waals surface area contributed by atoms with E-state index in [9.17, 15) is 0 Å². The Balaban J connectivity index is 2.96. The van der Waals surface area contributed by atoms with Crippen LogP contribution in [0.15, 0.2) is 30.3 Å². The van der Waals surface area contributed by atoms with E-state index >= 15 is 0 Å². The maximum absolute atomic E-state index is 5.78. The average Bonchev–Trinajstić information content (AvgIpc) is 2.10. The molecule has 0 aliphatic heterocycles. The van der Waals surface area contributed by atoms with Gasteiger partial charge < -0.3 is 0 Å². The third-order valence-corrected chi connectivity index (χ3v) is 2.20. The van der Waals surface area contributed by atoms with Crippen molar-refractivity contribution in [1.29, 1.82) is 0 Å². The van der Waals surface area contributed by atoms with Crippen molar-refractivity contribution in [3.8, 4) is 0 Å². The van der Waals surface area contributed by atoms with Crippen LogP contribution in [0.2, 0.25) is 5.02 Å². The highest BCUT2D eigenvalue weighted by Crippen LogP contribution is 2.19. The molecule has 0 aliphatic rings.